The van der Waals surface area contributed by atoms with Gasteiger partial charge in [-0.1, -0.05) is 30.3 Å². The molecule has 12 heteroatoms. The lowest BCUT2D eigenvalue weighted by molar-refractivity contribution is -0.386. The number of halogens is 9. The highest BCUT2D eigenvalue weighted by molar-refractivity contribution is 5.76. The van der Waals surface area contributed by atoms with Gasteiger partial charge in [0.25, 0.3) is 0 Å². The lowest BCUT2D eigenvalue weighted by atomic mass is 9.97. The molecule has 3 nitrogen and oxygen atoms in total. The van der Waals surface area contributed by atoms with E-state index in [9.17, 15) is 44.3 Å². The summed E-state index contributed by atoms with van der Waals surface area (Å²) in [7, 11) is 0. The fourth-order valence-corrected chi connectivity index (χ4v) is 1.92. The largest absolute Gasteiger partial charge is 0.429 e. The van der Waals surface area contributed by atoms with Gasteiger partial charge in [-0.05, 0) is 12.5 Å². The molecule has 1 rings (SSSR count). The molecule has 2 N–H and O–H groups in total. The molecule has 142 valence electrons. The van der Waals surface area contributed by atoms with Gasteiger partial charge in [-0.3, -0.25) is 0 Å². The Kier molecular flexibility index (Phi) is 5.55. The van der Waals surface area contributed by atoms with Crippen molar-refractivity contribution < 1.29 is 44.3 Å². The minimum atomic E-state index is -6.86. The van der Waals surface area contributed by atoms with Crippen LogP contribution < -0.4 is 10.6 Å². The van der Waals surface area contributed by atoms with Gasteiger partial charge in [0, 0.05) is 0 Å². The van der Waals surface area contributed by atoms with Gasteiger partial charge in [-0.15, -0.1) is 0 Å². The Morgan fingerprint density at radius 1 is 0.840 bits per heavy atom. The molecule has 25 heavy (non-hydrogen) atoms. The van der Waals surface area contributed by atoms with Crippen LogP contribution in [0.15, 0.2) is 30.3 Å². The monoisotopic (exact) mass is 382 g/mol. The first-order chi connectivity index (χ1) is 11.1. The zero-order chi connectivity index (χ0) is 19.7. The Balaban J connectivity index is 3.16. The normalized spacial score (nSPS) is 14.8. The maximum absolute atomic E-state index is 12.7. The van der Waals surface area contributed by atoms with E-state index >= 15 is 0 Å². The van der Waals surface area contributed by atoms with E-state index in [-0.39, 0.29) is 10.9 Å². The fourth-order valence-electron chi connectivity index (χ4n) is 1.92. The average molecular weight is 382 g/mol. The molecular formula is C13H11F9N2O. The van der Waals surface area contributed by atoms with Crippen molar-refractivity contribution in [2.24, 2.45) is 0 Å². The van der Waals surface area contributed by atoms with Gasteiger partial charge >= 0.3 is 30.1 Å². The number of rotatable bonds is 3. The molecule has 0 fully saturated rings. The zero-order valence-corrected chi connectivity index (χ0v) is 12.3. The third-order valence-corrected chi connectivity index (χ3v) is 3.22. The van der Waals surface area contributed by atoms with Crippen molar-refractivity contribution in [1.29, 1.82) is 0 Å². The van der Waals surface area contributed by atoms with Gasteiger partial charge in [-0.2, -0.15) is 39.5 Å². The standard InChI is InChI=1S/C13H11F9N2O/c1-7(8-5-3-2-4-6-8)23-9(25)24-10(11(14,15)16,12(17,18)19)13(20,21)22/h2-7H,1H3,(H2,23,24,25)/t7-/m1/s1. The van der Waals surface area contributed by atoms with Gasteiger partial charge in [0.15, 0.2) is 0 Å². The molecule has 0 spiro atoms. The van der Waals surface area contributed by atoms with E-state index in [1.165, 1.54) is 37.3 Å². The van der Waals surface area contributed by atoms with E-state index in [0.29, 0.717) is 0 Å². The molecule has 1 aromatic carbocycles. The van der Waals surface area contributed by atoms with Crippen molar-refractivity contribution in [2.75, 3.05) is 0 Å². The number of urea groups is 1. The van der Waals surface area contributed by atoms with Crippen LogP contribution in [0.3, 0.4) is 0 Å². The van der Waals surface area contributed by atoms with Crippen molar-refractivity contribution in [3.05, 3.63) is 35.9 Å². The number of alkyl halides is 9. The predicted molar refractivity (Wildman–Crippen MR) is 67.4 cm³/mol. The zero-order valence-electron chi connectivity index (χ0n) is 12.3. The van der Waals surface area contributed by atoms with Crippen molar-refractivity contribution >= 4 is 6.03 Å². The molecule has 0 aliphatic rings. The second kappa shape index (κ2) is 6.64. The van der Waals surface area contributed by atoms with Crippen LogP contribution in [0.5, 0.6) is 0 Å². The smallest absolute Gasteiger partial charge is 0.332 e. The van der Waals surface area contributed by atoms with E-state index in [0.717, 1.165) is 0 Å². The van der Waals surface area contributed by atoms with Crippen LogP contribution in [0.4, 0.5) is 44.3 Å². The molecule has 0 unspecified atom stereocenters. The van der Waals surface area contributed by atoms with Crippen molar-refractivity contribution in [3.63, 3.8) is 0 Å². The van der Waals surface area contributed by atoms with Crippen molar-refractivity contribution in [3.8, 4) is 0 Å². The number of amides is 2. The summed E-state index contributed by atoms with van der Waals surface area (Å²) in [5.41, 5.74) is -6.14. The highest BCUT2D eigenvalue weighted by atomic mass is 19.4. The molecule has 0 saturated heterocycles. The SMILES string of the molecule is C[C@@H](NC(=O)NC(C(F)(F)F)(C(F)(F)F)C(F)(F)F)c1ccccc1. The van der Waals surface area contributed by atoms with Gasteiger partial charge in [0.2, 0.25) is 0 Å². The minimum Gasteiger partial charge on any atom is -0.332 e. The quantitative estimate of drug-likeness (QED) is 0.744. The first kappa shape index (κ1) is 20.9. The topological polar surface area (TPSA) is 41.1 Å². The van der Waals surface area contributed by atoms with Gasteiger partial charge in [0.1, 0.15) is 0 Å². The number of carbonyl (C=O) groups excluding carboxylic acids is 1. The minimum absolute atomic E-state index is 0.0260. The molecule has 0 radical (unpaired) electrons. The Morgan fingerprint density at radius 2 is 1.24 bits per heavy atom. The number of carbonyl (C=O) groups is 1. The molecule has 0 aromatic heterocycles. The van der Waals surface area contributed by atoms with Gasteiger partial charge in [0.05, 0.1) is 6.04 Å². The highest BCUT2D eigenvalue weighted by Crippen LogP contribution is 2.52. The van der Waals surface area contributed by atoms with Gasteiger partial charge in [-0.25, -0.2) is 4.79 Å². The summed E-state index contributed by atoms with van der Waals surface area (Å²) < 4.78 is 114. The Bertz CT molecular complexity index is 556. The van der Waals surface area contributed by atoms with Crippen LogP contribution in [0.1, 0.15) is 18.5 Å². The van der Waals surface area contributed by atoms with E-state index in [2.05, 4.69) is 0 Å². The number of nitrogens with one attached hydrogen (secondary N) is 2. The Labute approximate surface area is 135 Å². The summed E-state index contributed by atoms with van der Waals surface area (Å²) in [5, 5.41) is 1.64. The predicted octanol–water partition coefficient (Wildman–Crippen LogP) is 4.47. The van der Waals surface area contributed by atoms with Gasteiger partial charge < -0.3 is 10.6 Å². The number of hydrogen-bond acceptors (Lipinski definition) is 1. The molecule has 1 aromatic rings. The van der Waals surface area contributed by atoms with Crippen LogP contribution >= 0.6 is 0 Å². The summed E-state index contributed by atoms with van der Waals surface area (Å²) in [5.74, 6) is 0. The molecule has 0 aliphatic heterocycles. The van der Waals surface area contributed by atoms with E-state index < -0.39 is 36.1 Å². The molecule has 1 atom stereocenters. The Morgan fingerprint density at radius 3 is 1.60 bits per heavy atom. The van der Waals surface area contributed by atoms with Crippen LogP contribution in [-0.2, 0) is 0 Å². The maximum atomic E-state index is 12.7. The Hall–Kier alpha value is -2.14. The molecule has 0 heterocycles. The third kappa shape index (κ3) is 4.10. The lowest BCUT2D eigenvalue weighted by Crippen LogP contribution is -2.76. The molecule has 2 amide bonds. The van der Waals surface area contributed by atoms with E-state index in [1.54, 1.807) is 5.32 Å². The van der Waals surface area contributed by atoms with Crippen LogP contribution in [0.25, 0.3) is 0 Å². The first-order valence-electron chi connectivity index (χ1n) is 6.47. The lowest BCUT2D eigenvalue weighted by Gasteiger charge is -2.39. The third-order valence-electron chi connectivity index (χ3n) is 3.22. The second-order valence-corrected chi connectivity index (χ2v) is 4.97. The molecule has 0 bridgehead atoms. The van der Waals surface area contributed by atoms with Crippen LogP contribution in [0, 0.1) is 0 Å². The van der Waals surface area contributed by atoms with E-state index in [1.807, 2.05) is 0 Å². The highest BCUT2D eigenvalue weighted by Gasteiger charge is 2.84. The summed E-state index contributed by atoms with van der Waals surface area (Å²) in [6, 6.07) is 3.77. The van der Waals surface area contributed by atoms with Crippen molar-refractivity contribution in [2.45, 2.75) is 37.0 Å². The number of hydrogen-bond donors (Lipinski definition) is 2. The molecule has 0 aliphatic carbocycles. The second-order valence-electron chi connectivity index (χ2n) is 4.97. The van der Waals surface area contributed by atoms with Crippen LogP contribution in [0.2, 0.25) is 0 Å². The molecular weight excluding hydrogens is 371 g/mol. The maximum Gasteiger partial charge on any atom is 0.429 e. The molecule has 0 saturated carbocycles. The summed E-state index contributed by atoms with van der Waals surface area (Å²) in [6.45, 7) is 1.17. The van der Waals surface area contributed by atoms with E-state index in [4.69, 9.17) is 0 Å². The number of benzene rings is 1. The average Bonchev–Trinajstić information content (AvgIpc) is 2.41. The van der Waals surface area contributed by atoms with Crippen LogP contribution in [-0.4, -0.2) is 30.1 Å². The van der Waals surface area contributed by atoms with Crippen molar-refractivity contribution in [1.82, 2.24) is 10.6 Å². The first-order valence-corrected chi connectivity index (χ1v) is 6.47. The fraction of sp³-hybridized carbons (Fsp3) is 0.462. The summed E-state index contributed by atoms with van der Waals surface area (Å²) in [6.07, 6.45) is -20.6. The summed E-state index contributed by atoms with van der Waals surface area (Å²) in [4.78, 5) is 11.5. The summed E-state index contributed by atoms with van der Waals surface area (Å²) >= 11 is 0.